The van der Waals surface area contributed by atoms with E-state index in [0.29, 0.717) is 42.8 Å². The molecule has 0 spiro atoms. The normalized spacial score (nSPS) is 21.2. The van der Waals surface area contributed by atoms with E-state index in [1.807, 2.05) is 13.8 Å². The quantitative estimate of drug-likeness (QED) is 0.631. The zero-order valence-corrected chi connectivity index (χ0v) is 19.4. The Bertz CT molecular complexity index is 1020. The van der Waals surface area contributed by atoms with Crippen LogP contribution in [0.1, 0.15) is 68.6 Å². The second-order valence-electron chi connectivity index (χ2n) is 9.85. The number of halogens is 3. The van der Waals surface area contributed by atoms with Crippen LogP contribution in [0.25, 0.3) is 11.3 Å². The Kier molecular flexibility index (Phi) is 6.15. The molecule has 1 atom stereocenters. The third-order valence-corrected chi connectivity index (χ3v) is 6.54. The van der Waals surface area contributed by atoms with Gasteiger partial charge in [-0.15, -0.1) is 0 Å². The topological polar surface area (TPSA) is 85.9 Å². The molecular weight excluding hydrogens is 433 g/mol. The van der Waals surface area contributed by atoms with Gasteiger partial charge >= 0.3 is 6.18 Å². The Hall–Kier alpha value is -2.62. The van der Waals surface area contributed by atoms with Gasteiger partial charge in [0, 0.05) is 48.7 Å². The molecule has 1 fully saturated rings. The molecule has 10 heteroatoms. The van der Waals surface area contributed by atoms with Gasteiger partial charge in [-0.3, -0.25) is 4.79 Å². The molecule has 2 aliphatic rings. The summed E-state index contributed by atoms with van der Waals surface area (Å²) in [4.78, 5) is 26.0. The zero-order chi connectivity index (χ0) is 24.0. The summed E-state index contributed by atoms with van der Waals surface area (Å²) in [6, 6.07) is 0.0250. The molecule has 1 unspecified atom stereocenters. The number of alkyl halides is 3. The average molecular weight is 465 g/mol. The molecule has 4 heterocycles. The highest BCUT2D eigenvalue weighted by Crippen LogP contribution is 2.39. The lowest BCUT2D eigenvalue weighted by molar-refractivity contribution is -0.137. The van der Waals surface area contributed by atoms with E-state index in [0.717, 1.165) is 19.0 Å². The van der Waals surface area contributed by atoms with Crippen molar-refractivity contribution in [1.29, 1.82) is 0 Å². The first-order chi connectivity index (χ1) is 15.5. The molecule has 3 N–H and O–H groups in total. The minimum absolute atomic E-state index is 0.00451. The second-order valence-corrected chi connectivity index (χ2v) is 9.85. The number of rotatable bonds is 4. The van der Waals surface area contributed by atoms with Crippen LogP contribution in [0, 0.1) is 0 Å². The summed E-state index contributed by atoms with van der Waals surface area (Å²) in [5.74, 6) is -0.0381. The summed E-state index contributed by atoms with van der Waals surface area (Å²) in [5.41, 5.74) is 0.159. The van der Waals surface area contributed by atoms with Crippen molar-refractivity contribution in [2.24, 2.45) is 0 Å². The van der Waals surface area contributed by atoms with Gasteiger partial charge in [0.05, 0.1) is 5.69 Å². The minimum atomic E-state index is -4.62. The van der Waals surface area contributed by atoms with Gasteiger partial charge in [0.2, 0.25) is 5.95 Å². The summed E-state index contributed by atoms with van der Waals surface area (Å²) < 4.78 is 41.6. The van der Waals surface area contributed by atoms with Gasteiger partial charge in [0.15, 0.2) is 0 Å². The van der Waals surface area contributed by atoms with E-state index in [1.165, 1.54) is 6.20 Å². The van der Waals surface area contributed by atoms with Crippen LogP contribution in [0.15, 0.2) is 12.4 Å². The third kappa shape index (κ3) is 4.85. The molecule has 2 aromatic heterocycles. The van der Waals surface area contributed by atoms with Crippen LogP contribution in [0.4, 0.5) is 19.1 Å². The molecule has 1 amide bonds. The molecule has 0 saturated carbocycles. The number of nitrogens with one attached hydrogen (secondary N) is 3. The predicted octanol–water partition coefficient (Wildman–Crippen LogP) is 4.23. The number of amides is 1. The van der Waals surface area contributed by atoms with Crippen molar-refractivity contribution < 1.29 is 18.0 Å². The number of hydrogen-bond acceptors (Lipinski definition) is 5. The number of anilines is 1. The zero-order valence-electron chi connectivity index (χ0n) is 19.4. The number of H-pyrrole nitrogens is 1. The van der Waals surface area contributed by atoms with Crippen molar-refractivity contribution in [2.45, 2.75) is 77.2 Å². The summed E-state index contributed by atoms with van der Waals surface area (Å²) in [5, 5.41) is 6.61. The SMILES string of the molecule is CC(C)N1CCCc2c(-c3nc(NC4CCC(C)(C)NC4)ncc3C(F)(F)F)c[nH]c2C1=O. The largest absolute Gasteiger partial charge is 0.419 e. The summed E-state index contributed by atoms with van der Waals surface area (Å²) in [6.45, 7) is 9.33. The Labute approximate surface area is 191 Å². The monoisotopic (exact) mass is 464 g/mol. The lowest BCUT2D eigenvalue weighted by Gasteiger charge is -2.36. The molecule has 2 aromatic rings. The second kappa shape index (κ2) is 8.62. The molecule has 7 nitrogen and oxygen atoms in total. The van der Waals surface area contributed by atoms with Crippen molar-refractivity contribution in [1.82, 2.24) is 25.2 Å². The molecular formula is C23H31F3N6O. The van der Waals surface area contributed by atoms with Gasteiger partial charge < -0.3 is 20.5 Å². The number of fused-ring (bicyclic) bond motifs is 1. The van der Waals surface area contributed by atoms with E-state index in [4.69, 9.17) is 0 Å². The minimum Gasteiger partial charge on any atom is -0.356 e. The molecule has 4 rings (SSSR count). The molecule has 2 aliphatic heterocycles. The number of nitrogens with zero attached hydrogens (tertiary/aromatic N) is 3. The van der Waals surface area contributed by atoms with Gasteiger partial charge in [-0.1, -0.05) is 0 Å². The van der Waals surface area contributed by atoms with Crippen molar-refractivity contribution in [3.8, 4) is 11.3 Å². The summed E-state index contributed by atoms with van der Waals surface area (Å²) >= 11 is 0. The molecule has 1 saturated heterocycles. The smallest absolute Gasteiger partial charge is 0.356 e. The molecule has 33 heavy (non-hydrogen) atoms. The maximum Gasteiger partial charge on any atom is 0.419 e. The van der Waals surface area contributed by atoms with Crippen molar-refractivity contribution in [2.75, 3.05) is 18.4 Å². The third-order valence-electron chi connectivity index (χ3n) is 6.54. The van der Waals surface area contributed by atoms with E-state index < -0.39 is 11.7 Å². The van der Waals surface area contributed by atoms with Gasteiger partial charge in [-0.25, -0.2) is 9.97 Å². The molecule has 0 aromatic carbocycles. The van der Waals surface area contributed by atoms with Crippen LogP contribution in [-0.4, -0.2) is 56.5 Å². The van der Waals surface area contributed by atoms with E-state index in [9.17, 15) is 18.0 Å². The first kappa shape index (κ1) is 23.5. The highest BCUT2D eigenvalue weighted by molar-refractivity contribution is 5.96. The van der Waals surface area contributed by atoms with E-state index in [-0.39, 0.29) is 35.2 Å². The highest BCUT2D eigenvalue weighted by atomic mass is 19.4. The fourth-order valence-corrected chi connectivity index (χ4v) is 4.57. The summed E-state index contributed by atoms with van der Waals surface area (Å²) in [6.07, 6.45) is 0.642. The van der Waals surface area contributed by atoms with Crippen LogP contribution in [0.5, 0.6) is 0 Å². The Morgan fingerprint density at radius 1 is 1.30 bits per heavy atom. The summed E-state index contributed by atoms with van der Waals surface area (Å²) in [7, 11) is 0. The van der Waals surface area contributed by atoms with Gasteiger partial charge in [-0.2, -0.15) is 13.2 Å². The van der Waals surface area contributed by atoms with E-state index in [1.54, 1.807) is 4.90 Å². The number of aromatic nitrogens is 3. The van der Waals surface area contributed by atoms with Crippen LogP contribution in [0.3, 0.4) is 0 Å². The van der Waals surface area contributed by atoms with Gasteiger partial charge in [-0.05, 0) is 58.9 Å². The van der Waals surface area contributed by atoms with Crippen LogP contribution in [0.2, 0.25) is 0 Å². The predicted molar refractivity (Wildman–Crippen MR) is 120 cm³/mol. The highest BCUT2D eigenvalue weighted by Gasteiger charge is 2.38. The Balaban J connectivity index is 1.70. The maximum atomic E-state index is 13.9. The van der Waals surface area contributed by atoms with Gasteiger partial charge in [0.25, 0.3) is 5.91 Å². The van der Waals surface area contributed by atoms with Crippen molar-refractivity contribution in [3.05, 3.63) is 29.2 Å². The van der Waals surface area contributed by atoms with Crippen LogP contribution >= 0.6 is 0 Å². The number of hydrogen-bond donors (Lipinski definition) is 3. The molecule has 180 valence electrons. The fraction of sp³-hybridized carbons (Fsp3) is 0.609. The number of aromatic amines is 1. The Morgan fingerprint density at radius 3 is 2.70 bits per heavy atom. The van der Waals surface area contributed by atoms with Crippen LogP contribution < -0.4 is 10.6 Å². The lowest BCUT2D eigenvalue weighted by Crippen LogP contribution is -2.50. The molecule has 0 radical (unpaired) electrons. The number of carbonyl (C=O) groups is 1. The van der Waals surface area contributed by atoms with Crippen molar-refractivity contribution >= 4 is 11.9 Å². The van der Waals surface area contributed by atoms with E-state index in [2.05, 4.69) is 39.4 Å². The Morgan fingerprint density at radius 2 is 2.06 bits per heavy atom. The first-order valence-electron chi connectivity index (χ1n) is 11.4. The number of piperidine rings is 1. The molecule has 0 aliphatic carbocycles. The molecule has 0 bridgehead atoms. The fourth-order valence-electron chi connectivity index (χ4n) is 4.57. The van der Waals surface area contributed by atoms with Crippen LogP contribution in [-0.2, 0) is 12.6 Å². The first-order valence-corrected chi connectivity index (χ1v) is 11.4. The standard InChI is InChI=1S/C23H31F3N6O/c1-13(2)32-9-5-6-15-16(11-27-19(15)20(32)33)18-17(23(24,25)26)12-28-21(31-18)30-14-7-8-22(3,4)29-10-14/h11-14,27,29H,5-10H2,1-4H3,(H,28,30,31). The lowest BCUT2D eigenvalue weighted by atomic mass is 9.91. The van der Waals surface area contributed by atoms with Gasteiger partial charge in [0.1, 0.15) is 11.3 Å². The average Bonchev–Trinajstić information content (AvgIpc) is 3.07. The number of carbonyl (C=O) groups excluding carboxylic acids is 1. The van der Waals surface area contributed by atoms with E-state index >= 15 is 0 Å². The van der Waals surface area contributed by atoms with Crippen molar-refractivity contribution in [3.63, 3.8) is 0 Å². The maximum absolute atomic E-state index is 13.9.